The first kappa shape index (κ1) is 34.9. The summed E-state index contributed by atoms with van der Waals surface area (Å²) in [5, 5.41) is 8.89. The molecule has 2 heterocycles. The molecule has 2 amide bonds. The van der Waals surface area contributed by atoms with Crippen LogP contribution in [0.25, 0.3) is 0 Å². The number of epoxide rings is 1. The highest BCUT2D eigenvalue weighted by Crippen LogP contribution is 2.31. The predicted octanol–water partition coefficient (Wildman–Crippen LogP) is 0.730. The second-order valence-electron chi connectivity index (χ2n) is 12.8. The lowest BCUT2D eigenvalue weighted by Crippen LogP contribution is -2.60. The van der Waals surface area contributed by atoms with E-state index in [1.54, 1.807) is 26.0 Å². The molecule has 4 rings (SSSR count). The highest BCUT2D eigenvalue weighted by atomic mass is 32.2. The molecule has 248 valence electrons. The summed E-state index contributed by atoms with van der Waals surface area (Å²) in [5.74, 6) is -0.962. The lowest BCUT2D eigenvalue weighted by molar-refractivity contribution is -0.131. The quantitative estimate of drug-likeness (QED) is 0.133. The molecule has 1 aromatic carbocycles. The number of sulfone groups is 1. The zero-order valence-electron chi connectivity index (χ0n) is 26.4. The molecule has 45 heavy (non-hydrogen) atoms. The maximum Gasteiger partial charge on any atom is 0.238 e. The Labute approximate surface area is 265 Å². The molecule has 2 fully saturated rings. The topological polar surface area (TPSA) is 164 Å². The SMILES string of the molecule is C[C@](C=O)(CN[C@@H](Cc1ccc(S(C)(=O)=O)cc1)C(=O)N[C@@H](CC1=CCCCC1)C(=O)[C@@]1(C)CO1)NC(=O)CN1CCOCC1. The summed E-state index contributed by atoms with van der Waals surface area (Å²) >= 11 is 0. The number of carbonyl (C=O) groups excluding carboxylic acids is 4. The molecule has 0 saturated carbocycles. The molecule has 3 aliphatic rings. The molecule has 4 atom stereocenters. The first-order chi connectivity index (χ1) is 21.3. The number of allylic oxidation sites excluding steroid dienone is 1. The summed E-state index contributed by atoms with van der Waals surface area (Å²) in [6, 6.07) is 4.53. The van der Waals surface area contributed by atoms with Gasteiger partial charge in [0.05, 0.1) is 43.3 Å². The lowest BCUT2D eigenvalue weighted by Gasteiger charge is -2.31. The van der Waals surface area contributed by atoms with Gasteiger partial charge in [-0.1, -0.05) is 23.8 Å². The van der Waals surface area contributed by atoms with Gasteiger partial charge in [0.15, 0.2) is 15.6 Å². The van der Waals surface area contributed by atoms with Crippen molar-refractivity contribution < 1.29 is 37.1 Å². The van der Waals surface area contributed by atoms with E-state index in [-0.39, 0.29) is 36.1 Å². The average Bonchev–Trinajstić information content (AvgIpc) is 3.77. The summed E-state index contributed by atoms with van der Waals surface area (Å²) in [6.45, 7) is 5.95. The van der Waals surface area contributed by atoms with E-state index in [1.807, 2.05) is 4.90 Å². The summed E-state index contributed by atoms with van der Waals surface area (Å²) in [6.07, 6.45) is 8.37. The molecular formula is C32H46N4O8S. The largest absolute Gasteiger partial charge is 0.379 e. The highest BCUT2D eigenvalue weighted by molar-refractivity contribution is 7.90. The Morgan fingerprint density at radius 2 is 1.78 bits per heavy atom. The molecule has 13 heteroatoms. The number of amides is 2. The summed E-state index contributed by atoms with van der Waals surface area (Å²) in [4.78, 5) is 54.5. The second-order valence-corrected chi connectivity index (χ2v) is 14.8. The Morgan fingerprint density at radius 3 is 2.36 bits per heavy atom. The Bertz CT molecular complexity index is 1370. The minimum absolute atomic E-state index is 0.0601. The Morgan fingerprint density at radius 1 is 1.09 bits per heavy atom. The number of ketones is 1. The number of carbonyl (C=O) groups is 4. The molecule has 2 aliphatic heterocycles. The van der Waals surface area contributed by atoms with E-state index in [4.69, 9.17) is 9.47 Å². The summed E-state index contributed by atoms with van der Waals surface area (Å²) in [7, 11) is -3.41. The molecule has 0 spiro atoms. The molecule has 1 aromatic rings. The zero-order valence-corrected chi connectivity index (χ0v) is 27.2. The van der Waals surface area contributed by atoms with Crippen LogP contribution in [0.1, 0.15) is 51.5 Å². The first-order valence-corrected chi connectivity index (χ1v) is 17.5. The fraction of sp³-hybridized carbons (Fsp3) is 0.625. The third-order valence-electron chi connectivity index (χ3n) is 8.56. The molecule has 0 aromatic heterocycles. The monoisotopic (exact) mass is 646 g/mol. The fourth-order valence-electron chi connectivity index (χ4n) is 5.59. The van der Waals surface area contributed by atoms with Crippen LogP contribution in [0.2, 0.25) is 0 Å². The van der Waals surface area contributed by atoms with Crippen molar-refractivity contribution in [1.29, 1.82) is 0 Å². The molecular weight excluding hydrogens is 600 g/mol. The van der Waals surface area contributed by atoms with Crippen molar-refractivity contribution >= 4 is 33.7 Å². The minimum Gasteiger partial charge on any atom is -0.379 e. The van der Waals surface area contributed by atoms with Gasteiger partial charge in [0.25, 0.3) is 0 Å². The molecule has 0 bridgehead atoms. The molecule has 1 aliphatic carbocycles. The van der Waals surface area contributed by atoms with Crippen LogP contribution in [-0.4, -0.2) is 113 Å². The first-order valence-electron chi connectivity index (χ1n) is 15.6. The van der Waals surface area contributed by atoms with Gasteiger partial charge in [0, 0.05) is 25.9 Å². The van der Waals surface area contributed by atoms with Crippen LogP contribution >= 0.6 is 0 Å². The van der Waals surface area contributed by atoms with Crippen molar-refractivity contribution in [2.45, 2.75) is 80.5 Å². The van der Waals surface area contributed by atoms with Crippen molar-refractivity contribution in [3.8, 4) is 0 Å². The van der Waals surface area contributed by atoms with E-state index < -0.39 is 39.0 Å². The van der Waals surface area contributed by atoms with Crippen LogP contribution in [0.3, 0.4) is 0 Å². The van der Waals surface area contributed by atoms with Gasteiger partial charge in [-0.15, -0.1) is 0 Å². The number of hydrogen-bond acceptors (Lipinski definition) is 10. The van der Waals surface area contributed by atoms with Crippen molar-refractivity contribution in [3.05, 3.63) is 41.5 Å². The Hall–Kier alpha value is -2.97. The maximum absolute atomic E-state index is 13.9. The van der Waals surface area contributed by atoms with Crippen LogP contribution in [0.5, 0.6) is 0 Å². The Kier molecular flexibility index (Phi) is 11.7. The highest BCUT2D eigenvalue weighted by Gasteiger charge is 2.50. The van der Waals surface area contributed by atoms with E-state index in [2.05, 4.69) is 22.0 Å². The number of aldehydes is 1. The number of benzene rings is 1. The maximum atomic E-state index is 13.9. The van der Waals surface area contributed by atoms with E-state index in [0.29, 0.717) is 51.2 Å². The smallest absolute Gasteiger partial charge is 0.238 e. The van der Waals surface area contributed by atoms with Crippen LogP contribution in [0, 0.1) is 0 Å². The van der Waals surface area contributed by atoms with E-state index >= 15 is 0 Å². The molecule has 0 radical (unpaired) electrons. The molecule has 2 saturated heterocycles. The van der Waals surface area contributed by atoms with E-state index in [1.165, 1.54) is 12.1 Å². The Balaban J connectivity index is 1.50. The fourth-order valence-corrected chi connectivity index (χ4v) is 6.22. The number of nitrogens with zero attached hydrogens (tertiary/aromatic N) is 1. The third kappa shape index (κ3) is 10.3. The molecule has 12 nitrogen and oxygen atoms in total. The van der Waals surface area contributed by atoms with Crippen molar-refractivity contribution in [2.75, 3.05) is 52.3 Å². The van der Waals surface area contributed by atoms with Crippen LogP contribution in [0.15, 0.2) is 40.8 Å². The van der Waals surface area contributed by atoms with Gasteiger partial charge >= 0.3 is 0 Å². The number of Topliss-reactive ketones (excluding diaryl/α,β-unsaturated/α-hetero) is 1. The van der Waals surface area contributed by atoms with Crippen molar-refractivity contribution in [3.63, 3.8) is 0 Å². The van der Waals surface area contributed by atoms with Crippen molar-refractivity contribution in [1.82, 2.24) is 20.9 Å². The van der Waals surface area contributed by atoms with Gasteiger partial charge in [-0.2, -0.15) is 0 Å². The number of hydrogen-bond donors (Lipinski definition) is 3. The van der Waals surface area contributed by atoms with Gasteiger partial charge < -0.3 is 30.2 Å². The average molecular weight is 647 g/mol. The van der Waals surface area contributed by atoms with Gasteiger partial charge in [0.1, 0.15) is 17.4 Å². The standard InChI is InChI=1S/C32H46N4O8S/c1-31(21-37,35-28(38)19-36-13-15-43-16-14-36)20-33-27(18-24-9-11-25(12-10-24)45(3,41)42)30(40)34-26(29(39)32(2)22-44-32)17-23-7-5-4-6-8-23/h7,9-12,21,26-27,33H,4-6,8,13-20,22H2,1-3H3,(H,34,40)(H,35,38)/t26-,27-,31+,32+/m0/s1. The number of ether oxygens (including phenoxy) is 2. The number of rotatable bonds is 16. The number of nitrogens with one attached hydrogen (secondary N) is 3. The van der Waals surface area contributed by atoms with E-state index in [0.717, 1.165) is 37.5 Å². The van der Waals surface area contributed by atoms with Crippen molar-refractivity contribution in [2.24, 2.45) is 0 Å². The molecule has 0 unspecified atom stereocenters. The molecule has 3 N–H and O–H groups in total. The van der Waals surface area contributed by atoms with E-state index in [9.17, 15) is 27.6 Å². The van der Waals surface area contributed by atoms with Gasteiger partial charge in [-0.25, -0.2) is 8.42 Å². The van der Waals surface area contributed by atoms with Gasteiger partial charge in [-0.05, 0) is 70.1 Å². The third-order valence-corrected chi connectivity index (χ3v) is 9.69. The van der Waals surface area contributed by atoms with Gasteiger partial charge in [-0.3, -0.25) is 19.3 Å². The summed E-state index contributed by atoms with van der Waals surface area (Å²) in [5.41, 5.74) is -0.450. The number of morpholine rings is 1. The normalized spacial score (nSPS) is 23.1. The second kappa shape index (κ2) is 15.1. The van der Waals surface area contributed by atoms with Gasteiger partial charge in [0.2, 0.25) is 11.8 Å². The minimum atomic E-state index is -3.41. The predicted molar refractivity (Wildman–Crippen MR) is 167 cm³/mol. The zero-order chi connectivity index (χ0) is 32.7. The summed E-state index contributed by atoms with van der Waals surface area (Å²) < 4.78 is 34.7. The van der Waals surface area contributed by atoms with Crippen LogP contribution < -0.4 is 16.0 Å². The van der Waals surface area contributed by atoms with Crippen LogP contribution in [0.4, 0.5) is 0 Å². The van der Waals surface area contributed by atoms with Crippen LogP contribution in [-0.2, 0) is 44.9 Å². The lowest BCUT2D eigenvalue weighted by atomic mass is 9.89.